The normalized spacial score (nSPS) is 14.6. The number of ketones is 1. The predicted octanol–water partition coefficient (Wildman–Crippen LogP) is 7.09. The molecule has 1 aliphatic heterocycles. The lowest BCUT2D eigenvalue weighted by molar-refractivity contribution is -0.132. The minimum atomic E-state index is -0.842. The number of hydrogen-bond acceptors (Lipinski definition) is 6. The molecule has 0 saturated heterocycles. The second kappa shape index (κ2) is 9.69. The molecule has 1 heterocycles. The van der Waals surface area contributed by atoms with Crippen LogP contribution in [0.25, 0.3) is 11.6 Å². The number of phenols is 3. The first kappa shape index (κ1) is 24.7. The van der Waals surface area contributed by atoms with Gasteiger partial charge in [-0.2, -0.15) is 0 Å². The summed E-state index contributed by atoms with van der Waals surface area (Å²) in [6.45, 7) is 0. The number of phenolic OH excluding ortho intramolecular Hbond substituents is 3. The maximum Gasteiger partial charge on any atom is 0.348 e. The zero-order chi connectivity index (χ0) is 24.7. The first-order chi connectivity index (χ1) is 16.1. The van der Waals surface area contributed by atoms with Crippen LogP contribution in [0.15, 0.2) is 77.8 Å². The fourth-order valence-corrected chi connectivity index (χ4v) is 5.67. The highest BCUT2D eigenvalue weighted by molar-refractivity contribution is 9.11. The van der Waals surface area contributed by atoms with Gasteiger partial charge in [-0.1, -0.05) is 12.1 Å². The van der Waals surface area contributed by atoms with E-state index in [9.17, 15) is 24.9 Å². The molecule has 10 heteroatoms. The Morgan fingerprint density at radius 1 is 0.794 bits per heavy atom. The maximum atomic E-state index is 13.5. The van der Waals surface area contributed by atoms with E-state index in [-0.39, 0.29) is 48.7 Å². The van der Waals surface area contributed by atoms with Crippen molar-refractivity contribution in [1.82, 2.24) is 0 Å². The lowest BCUT2D eigenvalue weighted by atomic mass is 9.93. The number of rotatable bonds is 4. The second-order valence-electron chi connectivity index (χ2n) is 7.15. The summed E-state index contributed by atoms with van der Waals surface area (Å²) in [5, 5.41) is 29.7. The van der Waals surface area contributed by atoms with Crippen LogP contribution in [-0.2, 0) is 9.53 Å². The lowest BCUT2D eigenvalue weighted by Crippen LogP contribution is -2.11. The number of benzene rings is 3. The van der Waals surface area contributed by atoms with Crippen molar-refractivity contribution in [2.75, 3.05) is 0 Å². The summed E-state index contributed by atoms with van der Waals surface area (Å²) in [6.07, 6.45) is 1.57. The third-order valence-electron chi connectivity index (χ3n) is 4.91. The van der Waals surface area contributed by atoms with Gasteiger partial charge in [0.2, 0.25) is 5.78 Å². The molecule has 0 fully saturated rings. The standard InChI is InChI=1S/C24H12Br4O6/c25-14-6-11(7-15(26)22(14)31)19-18(5-10-1-3-13(29)4-2-10)34-24(33)20(19)21(30)12-8-16(27)23(32)17(28)9-12/h1-9,29,31-32H. The third kappa shape index (κ3) is 4.72. The van der Waals surface area contributed by atoms with E-state index in [2.05, 4.69) is 63.7 Å². The van der Waals surface area contributed by atoms with E-state index in [1.54, 1.807) is 30.3 Å². The van der Waals surface area contributed by atoms with E-state index in [4.69, 9.17) is 4.74 Å². The Bertz CT molecular complexity index is 1380. The topological polar surface area (TPSA) is 104 Å². The van der Waals surface area contributed by atoms with Crippen LogP contribution in [0, 0.1) is 0 Å². The molecule has 3 N–H and O–H groups in total. The van der Waals surface area contributed by atoms with Crippen LogP contribution in [-0.4, -0.2) is 27.1 Å². The number of halogens is 4. The molecule has 0 aliphatic carbocycles. The van der Waals surface area contributed by atoms with Crippen molar-refractivity contribution < 1.29 is 29.6 Å². The van der Waals surface area contributed by atoms with E-state index >= 15 is 0 Å². The zero-order valence-electron chi connectivity index (χ0n) is 16.8. The van der Waals surface area contributed by atoms with Crippen molar-refractivity contribution in [3.8, 4) is 17.2 Å². The highest BCUT2D eigenvalue weighted by Gasteiger charge is 2.37. The van der Waals surface area contributed by atoms with Gasteiger partial charge in [-0.05, 0) is 117 Å². The van der Waals surface area contributed by atoms with Gasteiger partial charge in [0.15, 0.2) is 0 Å². The van der Waals surface area contributed by atoms with E-state index in [0.717, 1.165) is 0 Å². The van der Waals surface area contributed by atoms with Crippen LogP contribution in [0.1, 0.15) is 21.5 Å². The number of esters is 1. The van der Waals surface area contributed by atoms with E-state index in [0.29, 0.717) is 20.1 Å². The number of hydrogen-bond donors (Lipinski definition) is 3. The van der Waals surface area contributed by atoms with E-state index < -0.39 is 11.8 Å². The summed E-state index contributed by atoms with van der Waals surface area (Å²) in [6, 6.07) is 12.2. The van der Waals surface area contributed by atoms with Crippen LogP contribution >= 0.6 is 63.7 Å². The molecule has 172 valence electrons. The highest BCUT2D eigenvalue weighted by atomic mass is 79.9. The van der Waals surface area contributed by atoms with E-state index in [1.165, 1.54) is 24.3 Å². The van der Waals surface area contributed by atoms with Crippen LogP contribution in [0.2, 0.25) is 0 Å². The molecular formula is C24H12Br4O6. The summed E-state index contributed by atoms with van der Waals surface area (Å²) in [5.41, 5.74) is 1.22. The molecular weight excluding hydrogens is 704 g/mol. The van der Waals surface area contributed by atoms with Crippen molar-refractivity contribution in [3.63, 3.8) is 0 Å². The van der Waals surface area contributed by atoms with Gasteiger partial charge >= 0.3 is 5.97 Å². The minimum absolute atomic E-state index is 0.0436. The van der Waals surface area contributed by atoms with Gasteiger partial charge in [-0.15, -0.1) is 0 Å². The molecule has 0 amide bonds. The quantitative estimate of drug-likeness (QED) is 0.152. The van der Waals surface area contributed by atoms with Gasteiger partial charge < -0.3 is 20.1 Å². The predicted molar refractivity (Wildman–Crippen MR) is 140 cm³/mol. The smallest absolute Gasteiger partial charge is 0.348 e. The minimum Gasteiger partial charge on any atom is -0.508 e. The first-order valence-corrected chi connectivity index (χ1v) is 12.6. The second-order valence-corrected chi connectivity index (χ2v) is 10.6. The number of carbonyl (C=O) groups is 2. The Hall–Kier alpha value is -2.40. The molecule has 0 saturated carbocycles. The van der Waals surface area contributed by atoms with Crippen LogP contribution in [0.3, 0.4) is 0 Å². The first-order valence-electron chi connectivity index (χ1n) is 9.45. The SMILES string of the molecule is O=C1OC(=Cc2ccc(O)cc2)C(c2cc(Br)c(O)c(Br)c2)=C1C(=O)c1cc(Br)c(O)c(Br)c1. The van der Waals surface area contributed by atoms with Gasteiger partial charge in [-0.25, -0.2) is 4.79 Å². The molecule has 0 unspecified atom stereocenters. The Morgan fingerprint density at radius 3 is 1.82 bits per heavy atom. The van der Waals surface area contributed by atoms with Gasteiger partial charge in [0.25, 0.3) is 0 Å². The summed E-state index contributed by atoms with van der Waals surface area (Å²) in [4.78, 5) is 26.5. The molecule has 0 radical (unpaired) electrons. The maximum absolute atomic E-state index is 13.5. The number of carbonyl (C=O) groups excluding carboxylic acids is 2. The molecule has 0 atom stereocenters. The van der Waals surface area contributed by atoms with Crippen molar-refractivity contribution in [1.29, 1.82) is 0 Å². The fourth-order valence-electron chi connectivity index (χ4n) is 3.29. The summed E-state index contributed by atoms with van der Waals surface area (Å²) in [5.74, 6) is -1.38. The summed E-state index contributed by atoms with van der Waals surface area (Å²) >= 11 is 13.0. The zero-order valence-corrected chi connectivity index (χ0v) is 23.1. The van der Waals surface area contributed by atoms with Crippen LogP contribution in [0.4, 0.5) is 0 Å². The fraction of sp³-hybridized carbons (Fsp3) is 0. The number of allylic oxidation sites excluding steroid dienone is 1. The van der Waals surface area contributed by atoms with Gasteiger partial charge in [-0.3, -0.25) is 4.79 Å². The summed E-state index contributed by atoms with van der Waals surface area (Å²) < 4.78 is 6.74. The van der Waals surface area contributed by atoms with Gasteiger partial charge in [0.05, 0.1) is 17.9 Å². The Labute approximate surface area is 227 Å². The number of cyclic esters (lactones) is 1. The largest absolute Gasteiger partial charge is 0.508 e. The molecule has 1 aliphatic rings. The van der Waals surface area contributed by atoms with Crippen molar-refractivity contribution in [2.45, 2.75) is 0 Å². The third-order valence-corrected chi connectivity index (χ3v) is 7.32. The van der Waals surface area contributed by atoms with Gasteiger partial charge in [0, 0.05) is 11.1 Å². The molecule has 34 heavy (non-hydrogen) atoms. The molecule has 3 aromatic rings. The van der Waals surface area contributed by atoms with Crippen molar-refractivity contribution >= 4 is 87.1 Å². The molecule has 0 bridgehead atoms. The lowest BCUT2D eigenvalue weighted by Gasteiger charge is -2.10. The van der Waals surface area contributed by atoms with Crippen molar-refractivity contribution in [2.24, 2.45) is 0 Å². The molecule has 0 aromatic heterocycles. The number of Topliss-reactive ketones (excluding diaryl/α,β-unsaturated/α-hetero) is 1. The average Bonchev–Trinajstić information content (AvgIpc) is 3.11. The summed E-state index contributed by atoms with van der Waals surface area (Å²) in [7, 11) is 0. The van der Waals surface area contributed by atoms with E-state index in [1.807, 2.05) is 0 Å². The van der Waals surface area contributed by atoms with Crippen molar-refractivity contribution in [3.05, 3.63) is 94.4 Å². The Balaban J connectivity index is 1.97. The molecule has 4 rings (SSSR count). The number of ether oxygens (including phenoxy) is 1. The average molecular weight is 716 g/mol. The number of aromatic hydroxyl groups is 3. The molecule has 6 nitrogen and oxygen atoms in total. The van der Waals surface area contributed by atoms with Crippen LogP contribution in [0.5, 0.6) is 17.2 Å². The molecule has 3 aromatic carbocycles. The van der Waals surface area contributed by atoms with Crippen LogP contribution < -0.4 is 0 Å². The highest BCUT2D eigenvalue weighted by Crippen LogP contribution is 2.43. The van der Waals surface area contributed by atoms with Gasteiger partial charge in [0.1, 0.15) is 28.6 Å². The monoisotopic (exact) mass is 712 g/mol. The Morgan fingerprint density at radius 2 is 1.29 bits per heavy atom. The molecule has 0 spiro atoms. The Kier molecular flexibility index (Phi) is 7.04.